The number of halogens is 1. The molecule has 4 rings (SSSR count). The summed E-state index contributed by atoms with van der Waals surface area (Å²) in [7, 11) is 0. The minimum absolute atomic E-state index is 0.0716. The zero-order valence-electron chi connectivity index (χ0n) is 16.7. The average molecular weight is 421 g/mol. The molecule has 1 aromatic carbocycles. The molecule has 1 atom stereocenters. The van der Waals surface area contributed by atoms with Gasteiger partial charge in [0.2, 0.25) is 0 Å². The van der Waals surface area contributed by atoms with Crippen molar-refractivity contribution < 1.29 is 5.11 Å². The molecule has 0 saturated heterocycles. The van der Waals surface area contributed by atoms with E-state index in [0.29, 0.717) is 27.3 Å². The Bertz CT molecular complexity index is 1240. The minimum Gasteiger partial charge on any atom is -0.394 e. The summed E-state index contributed by atoms with van der Waals surface area (Å²) in [5, 5.41) is 10.9. The maximum atomic E-state index is 13.4. The van der Waals surface area contributed by atoms with Gasteiger partial charge in [0.15, 0.2) is 0 Å². The highest BCUT2D eigenvalue weighted by Gasteiger charge is 2.20. The van der Waals surface area contributed by atoms with Crippen LogP contribution in [0.15, 0.2) is 66.0 Å². The van der Waals surface area contributed by atoms with E-state index in [4.69, 9.17) is 16.6 Å². The first-order valence-corrected chi connectivity index (χ1v) is 10.1. The van der Waals surface area contributed by atoms with Crippen LogP contribution in [0.4, 0.5) is 0 Å². The quantitative estimate of drug-likeness (QED) is 0.518. The zero-order valence-corrected chi connectivity index (χ0v) is 17.4. The maximum absolute atomic E-state index is 13.4. The molecule has 0 aliphatic rings. The molecule has 3 heterocycles. The van der Waals surface area contributed by atoms with Crippen molar-refractivity contribution in [3.8, 4) is 22.5 Å². The highest BCUT2D eigenvalue weighted by molar-refractivity contribution is 6.30. The van der Waals surface area contributed by atoms with Gasteiger partial charge in [-0.05, 0) is 36.2 Å². The number of hydrogen-bond donors (Lipinski definition) is 1. The summed E-state index contributed by atoms with van der Waals surface area (Å²) in [5.41, 5.74) is 3.12. The van der Waals surface area contributed by atoms with Gasteiger partial charge in [-0.2, -0.15) is 0 Å². The van der Waals surface area contributed by atoms with Crippen LogP contribution in [-0.4, -0.2) is 31.2 Å². The van der Waals surface area contributed by atoms with E-state index < -0.39 is 0 Å². The fourth-order valence-electron chi connectivity index (χ4n) is 3.47. The minimum atomic E-state index is -0.358. The van der Waals surface area contributed by atoms with Gasteiger partial charge in [-0.3, -0.25) is 14.3 Å². The summed E-state index contributed by atoms with van der Waals surface area (Å²) >= 11 is 6.03. The van der Waals surface area contributed by atoms with E-state index in [-0.39, 0.29) is 24.1 Å². The molecule has 0 bridgehead atoms. The molecule has 1 unspecified atom stereocenters. The highest BCUT2D eigenvalue weighted by atomic mass is 35.5. The molecule has 3 aromatic heterocycles. The van der Waals surface area contributed by atoms with Crippen molar-refractivity contribution in [3.63, 3.8) is 0 Å². The molecule has 4 aromatic rings. The summed E-state index contributed by atoms with van der Waals surface area (Å²) in [6.45, 7) is 3.78. The van der Waals surface area contributed by atoms with Crippen LogP contribution in [0.1, 0.15) is 19.9 Å². The van der Waals surface area contributed by atoms with E-state index in [9.17, 15) is 9.90 Å². The molecule has 30 heavy (non-hydrogen) atoms. The van der Waals surface area contributed by atoms with Crippen LogP contribution in [-0.2, 0) is 0 Å². The van der Waals surface area contributed by atoms with Crippen LogP contribution in [0.5, 0.6) is 0 Å². The van der Waals surface area contributed by atoms with Crippen LogP contribution in [0.2, 0.25) is 5.02 Å². The molecule has 152 valence electrons. The second kappa shape index (κ2) is 8.34. The smallest absolute Gasteiger partial charge is 0.261 e. The van der Waals surface area contributed by atoms with Crippen molar-refractivity contribution >= 4 is 22.5 Å². The van der Waals surface area contributed by atoms with E-state index in [2.05, 4.69) is 9.97 Å². The third kappa shape index (κ3) is 3.72. The van der Waals surface area contributed by atoms with Crippen molar-refractivity contribution in [2.24, 2.45) is 5.92 Å². The molecule has 0 amide bonds. The summed E-state index contributed by atoms with van der Waals surface area (Å²) in [4.78, 5) is 26.9. The number of pyridine rings is 2. The number of nitrogens with zero attached hydrogens (tertiary/aromatic N) is 4. The van der Waals surface area contributed by atoms with Crippen molar-refractivity contribution in [1.82, 2.24) is 19.5 Å². The predicted octanol–water partition coefficient (Wildman–Crippen LogP) is 4.36. The zero-order chi connectivity index (χ0) is 21.3. The molecule has 0 radical (unpaired) electrons. The van der Waals surface area contributed by atoms with Crippen LogP contribution >= 0.6 is 11.6 Å². The molecule has 0 saturated carbocycles. The van der Waals surface area contributed by atoms with E-state index in [1.165, 1.54) is 10.9 Å². The van der Waals surface area contributed by atoms with E-state index in [1.807, 2.05) is 38.1 Å². The van der Waals surface area contributed by atoms with Crippen molar-refractivity contribution in [2.75, 3.05) is 6.61 Å². The summed E-state index contributed by atoms with van der Waals surface area (Å²) in [6, 6.07) is 12.4. The van der Waals surface area contributed by atoms with Gasteiger partial charge in [0.05, 0.1) is 35.8 Å². The first kappa shape index (κ1) is 20.2. The molecule has 0 fully saturated rings. The van der Waals surface area contributed by atoms with Crippen molar-refractivity contribution in [2.45, 2.75) is 19.9 Å². The second-order valence-corrected chi connectivity index (χ2v) is 7.89. The second-order valence-electron chi connectivity index (χ2n) is 7.45. The van der Waals surface area contributed by atoms with Gasteiger partial charge >= 0.3 is 0 Å². The number of aliphatic hydroxyl groups is 1. The van der Waals surface area contributed by atoms with Gasteiger partial charge < -0.3 is 5.11 Å². The molecule has 0 aliphatic carbocycles. The Kier molecular flexibility index (Phi) is 5.61. The normalized spacial score (nSPS) is 12.4. The lowest BCUT2D eigenvalue weighted by Gasteiger charge is -2.21. The first-order chi connectivity index (χ1) is 14.5. The van der Waals surface area contributed by atoms with Crippen molar-refractivity contribution in [3.05, 3.63) is 76.6 Å². The molecule has 1 N–H and O–H groups in total. The summed E-state index contributed by atoms with van der Waals surface area (Å²) < 4.78 is 1.51. The van der Waals surface area contributed by atoms with Gasteiger partial charge in [0, 0.05) is 28.5 Å². The third-order valence-corrected chi connectivity index (χ3v) is 5.41. The number of hydrogen-bond acceptors (Lipinski definition) is 5. The van der Waals surface area contributed by atoms with Crippen LogP contribution < -0.4 is 5.56 Å². The SMILES string of the molecule is CC(C)C(CO)n1cnc2c(-c3cccnc3)nc(-c3ccc(Cl)cc3)cc2c1=O. The van der Waals surface area contributed by atoms with Gasteiger partial charge in [-0.15, -0.1) is 0 Å². The molecule has 7 heteroatoms. The molecular formula is C23H21ClN4O2. The first-order valence-electron chi connectivity index (χ1n) is 9.68. The van der Waals surface area contributed by atoms with Gasteiger partial charge in [0.1, 0.15) is 5.52 Å². The fourth-order valence-corrected chi connectivity index (χ4v) is 3.60. The standard InChI is InChI=1S/C23H21ClN4O2/c1-14(2)20(12-29)28-13-26-22-18(23(28)30)10-19(15-5-7-17(24)8-6-15)27-21(22)16-4-3-9-25-11-16/h3-11,13-14,20,29H,12H2,1-2H3. The number of benzene rings is 1. The van der Waals surface area contributed by atoms with E-state index in [1.54, 1.807) is 30.6 Å². The molecular weight excluding hydrogens is 400 g/mol. The Morgan fingerprint density at radius 3 is 2.53 bits per heavy atom. The largest absolute Gasteiger partial charge is 0.394 e. The number of aromatic nitrogens is 4. The van der Waals surface area contributed by atoms with Crippen LogP contribution in [0, 0.1) is 5.92 Å². The number of fused-ring (bicyclic) bond motifs is 1. The Morgan fingerprint density at radius 1 is 1.13 bits per heavy atom. The van der Waals surface area contributed by atoms with Crippen LogP contribution in [0.3, 0.4) is 0 Å². The van der Waals surface area contributed by atoms with E-state index in [0.717, 1.165) is 11.1 Å². The number of rotatable bonds is 5. The third-order valence-electron chi connectivity index (χ3n) is 5.16. The topological polar surface area (TPSA) is 80.9 Å². The molecule has 0 aliphatic heterocycles. The molecule has 0 spiro atoms. The highest BCUT2D eigenvalue weighted by Crippen LogP contribution is 2.29. The lowest BCUT2D eigenvalue weighted by Crippen LogP contribution is -2.30. The monoisotopic (exact) mass is 420 g/mol. The fraction of sp³-hybridized carbons (Fsp3) is 0.217. The van der Waals surface area contributed by atoms with Gasteiger partial charge in [-0.25, -0.2) is 9.97 Å². The Labute approximate surface area is 178 Å². The van der Waals surface area contributed by atoms with E-state index >= 15 is 0 Å². The predicted molar refractivity (Wildman–Crippen MR) is 118 cm³/mol. The van der Waals surface area contributed by atoms with Gasteiger partial charge in [-0.1, -0.05) is 37.6 Å². The summed E-state index contributed by atoms with van der Waals surface area (Å²) in [6.07, 6.45) is 4.88. The Hall–Kier alpha value is -3.09. The van der Waals surface area contributed by atoms with Crippen LogP contribution in [0.25, 0.3) is 33.4 Å². The van der Waals surface area contributed by atoms with Crippen molar-refractivity contribution in [1.29, 1.82) is 0 Å². The average Bonchev–Trinajstić information content (AvgIpc) is 2.76. The maximum Gasteiger partial charge on any atom is 0.261 e. The lowest BCUT2D eigenvalue weighted by atomic mass is 10.0. The Morgan fingerprint density at radius 2 is 1.90 bits per heavy atom. The number of aliphatic hydroxyl groups excluding tert-OH is 1. The summed E-state index contributed by atoms with van der Waals surface area (Å²) in [5.74, 6) is 0.0716. The van der Waals surface area contributed by atoms with Gasteiger partial charge in [0.25, 0.3) is 5.56 Å². The Balaban J connectivity index is 2.03. The molecule has 6 nitrogen and oxygen atoms in total. The lowest BCUT2D eigenvalue weighted by molar-refractivity contribution is 0.189.